The van der Waals surface area contributed by atoms with Gasteiger partial charge < -0.3 is 23.7 Å². The number of pyridine rings is 1. The molecular weight excluding hydrogens is 497 g/mol. The number of aromatic nitrogens is 2. The van der Waals surface area contributed by atoms with Crippen LogP contribution in [0, 0.1) is 0 Å². The molecule has 0 bridgehead atoms. The number of rotatable bonds is 3. The van der Waals surface area contributed by atoms with Gasteiger partial charge in [-0.05, 0) is 92.9 Å². The lowest BCUT2D eigenvalue weighted by Crippen LogP contribution is -2.50. The number of hydrogen-bond acceptors (Lipinski definition) is 7. The number of carbonyl (C=O) groups excluding carboxylic acids is 2. The van der Waals surface area contributed by atoms with Crippen LogP contribution < -0.4 is 5.59 Å². The van der Waals surface area contributed by atoms with Crippen LogP contribution in [0.15, 0.2) is 12.1 Å². The van der Waals surface area contributed by atoms with Crippen LogP contribution >= 0.6 is 0 Å². The highest BCUT2D eigenvalue weighted by molar-refractivity contribution is 6.63. The second kappa shape index (κ2) is 9.51. The Morgan fingerprint density at radius 2 is 1.46 bits per heavy atom. The molecule has 2 fully saturated rings. The first-order valence-corrected chi connectivity index (χ1v) is 13.8. The van der Waals surface area contributed by atoms with Gasteiger partial charge in [-0.2, -0.15) is 0 Å². The molecule has 2 aliphatic heterocycles. The van der Waals surface area contributed by atoms with Gasteiger partial charge in [0.2, 0.25) is 0 Å². The maximum absolute atomic E-state index is 13.7. The minimum absolute atomic E-state index is 0.0209. The molecule has 0 spiro atoms. The highest BCUT2D eigenvalue weighted by Crippen LogP contribution is 2.39. The van der Waals surface area contributed by atoms with Crippen LogP contribution in [0.1, 0.15) is 106 Å². The number of fused-ring (bicyclic) bond motifs is 1. The smallest absolute Gasteiger partial charge is 0.444 e. The van der Waals surface area contributed by atoms with E-state index < -0.39 is 35.6 Å². The summed E-state index contributed by atoms with van der Waals surface area (Å²) < 4.78 is 25.8. The average Bonchev–Trinajstić information content (AvgIpc) is 3.14. The van der Waals surface area contributed by atoms with E-state index in [1.807, 2.05) is 81.4 Å². The van der Waals surface area contributed by atoms with E-state index in [-0.39, 0.29) is 17.9 Å². The van der Waals surface area contributed by atoms with Crippen LogP contribution in [-0.4, -0.2) is 69.2 Å². The van der Waals surface area contributed by atoms with E-state index in [4.69, 9.17) is 23.8 Å². The molecule has 9 nitrogen and oxygen atoms in total. The average molecular weight is 541 g/mol. The highest BCUT2D eigenvalue weighted by Gasteiger charge is 2.54. The van der Waals surface area contributed by atoms with E-state index >= 15 is 0 Å². The fourth-order valence-electron chi connectivity index (χ4n) is 4.85. The molecule has 0 N–H and O–H groups in total. The second-order valence-corrected chi connectivity index (χ2v) is 14.0. The van der Waals surface area contributed by atoms with E-state index in [9.17, 15) is 9.59 Å². The Balaban J connectivity index is 1.78. The molecule has 4 heterocycles. The van der Waals surface area contributed by atoms with Gasteiger partial charge in [0.25, 0.3) is 0 Å². The zero-order chi connectivity index (χ0) is 29.3. The van der Waals surface area contributed by atoms with Gasteiger partial charge in [0, 0.05) is 24.7 Å². The molecule has 0 radical (unpaired) electrons. The second-order valence-electron chi connectivity index (χ2n) is 14.0. The van der Waals surface area contributed by atoms with Gasteiger partial charge in [-0.15, -0.1) is 0 Å². The molecule has 0 atom stereocenters. The summed E-state index contributed by atoms with van der Waals surface area (Å²) in [6.07, 6.45) is -0.819. The number of likely N-dealkylation sites (tertiary alicyclic amines) is 1. The Hall–Kier alpha value is -2.59. The molecule has 39 heavy (non-hydrogen) atoms. The number of ether oxygens (including phenoxy) is 2. The lowest BCUT2D eigenvalue weighted by molar-refractivity contribution is 0.00578. The van der Waals surface area contributed by atoms with E-state index in [0.717, 1.165) is 11.3 Å². The van der Waals surface area contributed by atoms with Crippen LogP contribution in [0.3, 0.4) is 0 Å². The van der Waals surface area contributed by atoms with Crippen molar-refractivity contribution in [2.75, 3.05) is 13.1 Å². The summed E-state index contributed by atoms with van der Waals surface area (Å²) in [5, 5.41) is 0. The molecule has 0 unspecified atom stereocenters. The fourth-order valence-corrected chi connectivity index (χ4v) is 4.85. The van der Waals surface area contributed by atoms with Crippen molar-refractivity contribution in [1.82, 2.24) is 14.5 Å². The van der Waals surface area contributed by atoms with E-state index in [1.54, 1.807) is 9.47 Å². The molecule has 2 saturated heterocycles. The summed E-state index contributed by atoms with van der Waals surface area (Å²) in [5.41, 5.74) is 1.32. The largest absolute Gasteiger partial charge is 0.513 e. The molecule has 0 aliphatic carbocycles. The normalized spacial score (nSPS) is 19.5. The Morgan fingerprint density at radius 1 is 0.949 bits per heavy atom. The van der Waals surface area contributed by atoms with Gasteiger partial charge >= 0.3 is 19.3 Å². The molecular formula is C29H44BN3O6. The van der Waals surface area contributed by atoms with Crippen molar-refractivity contribution in [3.05, 3.63) is 23.4 Å². The molecule has 214 valence electrons. The first-order chi connectivity index (χ1) is 17.7. The van der Waals surface area contributed by atoms with Crippen LogP contribution in [0.25, 0.3) is 11.0 Å². The molecule has 2 aliphatic rings. The van der Waals surface area contributed by atoms with Crippen molar-refractivity contribution in [1.29, 1.82) is 0 Å². The van der Waals surface area contributed by atoms with Gasteiger partial charge in [0.15, 0.2) is 0 Å². The number of nitrogens with zero attached hydrogens (tertiary/aromatic N) is 3. The highest BCUT2D eigenvalue weighted by atomic mass is 16.7. The summed E-state index contributed by atoms with van der Waals surface area (Å²) in [4.78, 5) is 32.9. The maximum atomic E-state index is 13.7. The number of carbonyl (C=O) groups is 2. The minimum Gasteiger partial charge on any atom is -0.444 e. The Kier molecular flexibility index (Phi) is 7.17. The molecule has 0 aromatic carbocycles. The third-order valence-electron chi connectivity index (χ3n) is 7.49. The van der Waals surface area contributed by atoms with E-state index in [2.05, 4.69) is 13.8 Å². The van der Waals surface area contributed by atoms with Crippen molar-refractivity contribution >= 4 is 35.9 Å². The molecule has 2 aromatic heterocycles. The summed E-state index contributed by atoms with van der Waals surface area (Å²) in [6, 6.07) is 3.84. The van der Waals surface area contributed by atoms with Gasteiger partial charge in [0.05, 0.1) is 27.8 Å². The van der Waals surface area contributed by atoms with Crippen LogP contribution in [-0.2, 0) is 18.8 Å². The molecule has 4 rings (SSSR count). The summed E-state index contributed by atoms with van der Waals surface area (Å²) in [6.45, 7) is 24.3. The van der Waals surface area contributed by atoms with Gasteiger partial charge in [-0.1, -0.05) is 13.8 Å². The van der Waals surface area contributed by atoms with Crippen LogP contribution in [0.5, 0.6) is 0 Å². The van der Waals surface area contributed by atoms with E-state index in [1.165, 1.54) is 0 Å². The zero-order valence-corrected chi connectivity index (χ0v) is 25.6. The maximum Gasteiger partial charge on any atom is 0.513 e. The number of hydrogen-bond donors (Lipinski definition) is 0. The minimum atomic E-state index is -0.774. The third-order valence-corrected chi connectivity index (χ3v) is 7.49. The summed E-state index contributed by atoms with van der Waals surface area (Å²) in [7, 11) is -0.774. The Morgan fingerprint density at radius 3 is 1.95 bits per heavy atom. The SMILES string of the molecule is CC(C)c1c(B2OC(C)(C)C(C)(C)O2)n(C(=O)OC(C)(C)C)c2ccc(C3CN(C(=O)OC(C)(C)C)C3)nc12. The summed E-state index contributed by atoms with van der Waals surface area (Å²) in [5.74, 6) is 0.0970. The summed E-state index contributed by atoms with van der Waals surface area (Å²) >= 11 is 0. The molecule has 1 amide bonds. The number of amides is 1. The first kappa shape index (κ1) is 29.4. The van der Waals surface area contributed by atoms with Crippen molar-refractivity contribution in [3.63, 3.8) is 0 Å². The van der Waals surface area contributed by atoms with Crippen LogP contribution in [0.4, 0.5) is 9.59 Å². The fraction of sp³-hybridized carbons (Fsp3) is 0.690. The van der Waals surface area contributed by atoms with Gasteiger partial charge in [-0.3, -0.25) is 9.55 Å². The molecule has 2 aromatic rings. The molecule has 0 saturated carbocycles. The van der Waals surface area contributed by atoms with Crippen molar-refractivity contribution in [3.8, 4) is 0 Å². The van der Waals surface area contributed by atoms with Crippen molar-refractivity contribution in [2.24, 2.45) is 0 Å². The first-order valence-electron chi connectivity index (χ1n) is 13.8. The third kappa shape index (κ3) is 5.68. The standard InChI is InChI=1S/C29H44BN3O6/c1-17(2)21-22-20(14-13-19(31-22)18-15-32(16-18)24(34)36-26(3,4)5)33(25(35)37-27(6,7)8)23(21)30-38-28(9,10)29(11,12)39-30/h13-14,17-18H,15-16H2,1-12H3. The lowest BCUT2D eigenvalue weighted by Gasteiger charge is -2.39. The van der Waals surface area contributed by atoms with Gasteiger partial charge in [-0.25, -0.2) is 9.59 Å². The van der Waals surface area contributed by atoms with Crippen LogP contribution in [0.2, 0.25) is 0 Å². The molecule has 10 heteroatoms. The monoisotopic (exact) mass is 541 g/mol. The van der Waals surface area contributed by atoms with Gasteiger partial charge in [0.1, 0.15) is 11.2 Å². The Labute approximate surface area is 232 Å². The predicted molar refractivity (Wildman–Crippen MR) is 152 cm³/mol. The quantitative estimate of drug-likeness (QED) is 0.469. The Bertz CT molecular complexity index is 1260. The van der Waals surface area contributed by atoms with Crippen molar-refractivity contribution < 1.29 is 28.4 Å². The van der Waals surface area contributed by atoms with Crippen molar-refractivity contribution in [2.45, 2.75) is 117 Å². The zero-order valence-electron chi connectivity index (χ0n) is 25.6. The topological polar surface area (TPSA) is 92.1 Å². The lowest BCUT2D eigenvalue weighted by atomic mass is 9.78. The predicted octanol–water partition coefficient (Wildman–Crippen LogP) is 5.58. The van der Waals surface area contributed by atoms with E-state index in [0.29, 0.717) is 29.7 Å².